The van der Waals surface area contributed by atoms with Crippen LogP contribution in [0.15, 0.2) is 79.0 Å². The summed E-state index contributed by atoms with van der Waals surface area (Å²) >= 11 is 0. The summed E-state index contributed by atoms with van der Waals surface area (Å²) in [6.07, 6.45) is 3.96. The van der Waals surface area contributed by atoms with Gasteiger partial charge >= 0.3 is 0 Å². The maximum absolute atomic E-state index is 12.9. The number of benzene rings is 3. The van der Waals surface area contributed by atoms with Crippen LogP contribution in [0.4, 0.5) is 4.39 Å². The smallest absolute Gasteiger partial charge is 0.246 e. The molecule has 1 amide bonds. The second-order valence-electron chi connectivity index (χ2n) is 8.78. The van der Waals surface area contributed by atoms with Crippen LogP contribution in [0.25, 0.3) is 10.9 Å². The molecule has 0 bridgehead atoms. The van der Waals surface area contributed by atoms with Crippen molar-refractivity contribution in [2.75, 3.05) is 13.2 Å². The van der Waals surface area contributed by atoms with Crippen molar-refractivity contribution in [1.82, 2.24) is 15.2 Å². The van der Waals surface area contributed by atoms with Crippen molar-refractivity contribution < 1.29 is 13.9 Å². The molecule has 5 nitrogen and oxygen atoms in total. The van der Waals surface area contributed by atoms with E-state index < -0.39 is 0 Å². The lowest BCUT2D eigenvalue weighted by Gasteiger charge is -2.08. The number of ether oxygens (including phenoxy) is 1. The molecule has 1 aromatic heterocycles. The molecule has 0 fully saturated rings. The van der Waals surface area contributed by atoms with E-state index in [4.69, 9.17) is 4.74 Å². The van der Waals surface area contributed by atoms with Crippen molar-refractivity contribution in [3.63, 3.8) is 0 Å². The van der Waals surface area contributed by atoms with Gasteiger partial charge in [-0.05, 0) is 53.3 Å². The highest BCUT2D eigenvalue weighted by molar-refractivity contribution is 5.83. The molecule has 0 radical (unpaired) electrons. The second-order valence-corrected chi connectivity index (χ2v) is 8.78. The number of carbonyl (C=O) groups is 1. The molecule has 0 unspecified atom stereocenters. The van der Waals surface area contributed by atoms with Crippen LogP contribution in [0.2, 0.25) is 0 Å². The average Bonchev–Trinajstić information content (AvgIpc) is 3.19. The molecule has 1 heterocycles. The molecule has 0 spiro atoms. The predicted octanol–water partition coefficient (Wildman–Crippen LogP) is 4.87. The van der Waals surface area contributed by atoms with Gasteiger partial charge in [-0.2, -0.15) is 0 Å². The van der Waals surface area contributed by atoms with Gasteiger partial charge in [-0.3, -0.25) is 4.79 Å². The van der Waals surface area contributed by atoms with E-state index in [1.807, 2.05) is 0 Å². The first-order valence-electron chi connectivity index (χ1n) is 12.0. The molecule has 6 heteroatoms. The van der Waals surface area contributed by atoms with Crippen LogP contribution in [0.5, 0.6) is 0 Å². The quantitative estimate of drug-likeness (QED) is 0.289. The van der Waals surface area contributed by atoms with Crippen molar-refractivity contribution in [3.8, 4) is 0 Å². The minimum Gasteiger partial charge on any atom is -0.367 e. The SMILES string of the molecule is Cn1cc(CNCc2ccc(CCCNC(=O)COCc3ccc(F)cc3)cc2)c2ccccc21. The van der Waals surface area contributed by atoms with E-state index in [-0.39, 0.29) is 24.9 Å². The molecule has 0 aliphatic rings. The Kier molecular flexibility index (Phi) is 8.65. The fourth-order valence-electron chi connectivity index (χ4n) is 4.15. The van der Waals surface area contributed by atoms with E-state index >= 15 is 0 Å². The van der Waals surface area contributed by atoms with Crippen LogP contribution in [0.3, 0.4) is 0 Å². The molecule has 4 rings (SSSR count). The van der Waals surface area contributed by atoms with E-state index in [0.29, 0.717) is 6.54 Å². The number of hydrogen-bond donors (Lipinski definition) is 2. The van der Waals surface area contributed by atoms with Crippen LogP contribution in [0.1, 0.15) is 28.7 Å². The highest BCUT2D eigenvalue weighted by Gasteiger charge is 2.06. The summed E-state index contributed by atoms with van der Waals surface area (Å²) in [6, 6.07) is 23.2. The maximum Gasteiger partial charge on any atom is 0.246 e. The number of hydrogen-bond acceptors (Lipinski definition) is 3. The van der Waals surface area contributed by atoms with Crippen LogP contribution in [-0.2, 0) is 42.7 Å². The molecule has 0 aliphatic heterocycles. The molecule has 3 aromatic carbocycles. The topological polar surface area (TPSA) is 55.3 Å². The Hall–Kier alpha value is -3.48. The Morgan fingerprint density at radius 1 is 0.914 bits per heavy atom. The number of carbonyl (C=O) groups excluding carboxylic acids is 1. The lowest BCUT2D eigenvalue weighted by atomic mass is 10.1. The monoisotopic (exact) mass is 473 g/mol. The van der Waals surface area contributed by atoms with Crippen LogP contribution in [0, 0.1) is 5.82 Å². The van der Waals surface area contributed by atoms with E-state index in [9.17, 15) is 9.18 Å². The number of fused-ring (bicyclic) bond motifs is 1. The zero-order chi connectivity index (χ0) is 24.5. The van der Waals surface area contributed by atoms with Crippen molar-refractivity contribution in [2.24, 2.45) is 7.05 Å². The Bertz CT molecular complexity index is 1230. The summed E-state index contributed by atoms with van der Waals surface area (Å²) in [5, 5.41) is 7.73. The fraction of sp³-hybridized carbons (Fsp3) is 0.276. The third-order valence-electron chi connectivity index (χ3n) is 6.03. The molecule has 0 saturated heterocycles. The number of halogens is 1. The first-order chi connectivity index (χ1) is 17.1. The summed E-state index contributed by atoms with van der Waals surface area (Å²) < 4.78 is 20.5. The second kappa shape index (κ2) is 12.3. The normalized spacial score (nSPS) is 11.1. The molecule has 0 atom stereocenters. The Morgan fingerprint density at radius 2 is 1.63 bits per heavy atom. The van der Waals surface area contributed by atoms with Gasteiger partial charge in [0, 0.05) is 43.8 Å². The summed E-state index contributed by atoms with van der Waals surface area (Å²) in [5.41, 5.74) is 5.90. The Balaban J connectivity index is 1.11. The molecule has 2 N–H and O–H groups in total. The number of nitrogens with one attached hydrogen (secondary N) is 2. The van der Waals surface area contributed by atoms with Crippen molar-refractivity contribution in [1.29, 1.82) is 0 Å². The van der Waals surface area contributed by atoms with Crippen molar-refractivity contribution in [2.45, 2.75) is 32.5 Å². The summed E-state index contributed by atoms with van der Waals surface area (Å²) in [5.74, 6) is -0.422. The van der Waals surface area contributed by atoms with Crippen molar-refractivity contribution in [3.05, 3.63) is 107 Å². The highest BCUT2D eigenvalue weighted by Crippen LogP contribution is 2.20. The van der Waals surface area contributed by atoms with E-state index in [2.05, 4.69) is 77.0 Å². The molecule has 0 aliphatic carbocycles. The van der Waals surface area contributed by atoms with Crippen LogP contribution in [-0.4, -0.2) is 23.6 Å². The Labute approximate surface area is 205 Å². The van der Waals surface area contributed by atoms with E-state index in [1.165, 1.54) is 39.7 Å². The number of para-hydroxylation sites is 1. The lowest BCUT2D eigenvalue weighted by molar-refractivity contribution is -0.126. The van der Waals surface area contributed by atoms with Gasteiger partial charge < -0.3 is 19.9 Å². The van der Waals surface area contributed by atoms with Gasteiger partial charge in [0.2, 0.25) is 5.91 Å². The zero-order valence-corrected chi connectivity index (χ0v) is 20.1. The largest absolute Gasteiger partial charge is 0.367 e. The minimum absolute atomic E-state index is 0.00213. The maximum atomic E-state index is 12.9. The van der Waals surface area contributed by atoms with E-state index in [0.717, 1.165) is 31.5 Å². The summed E-state index contributed by atoms with van der Waals surface area (Å²) in [7, 11) is 2.08. The molecule has 35 heavy (non-hydrogen) atoms. The van der Waals surface area contributed by atoms with Gasteiger partial charge in [-0.25, -0.2) is 4.39 Å². The van der Waals surface area contributed by atoms with Gasteiger partial charge in [0.15, 0.2) is 0 Å². The lowest BCUT2D eigenvalue weighted by Crippen LogP contribution is -2.28. The van der Waals surface area contributed by atoms with E-state index in [1.54, 1.807) is 12.1 Å². The van der Waals surface area contributed by atoms with Crippen molar-refractivity contribution >= 4 is 16.8 Å². The van der Waals surface area contributed by atoms with Gasteiger partial charge in [-0.1, -0.05) is 54.6 Å². The number of nitrogens with zero attached hydrogens (tertiary/aromatic N) is 1. The molecule has 0 saturated carbocycles. The standard InChI is InChI=1S/C29H32FN3O2/c1-33-19-25(27-6-2-3-7-28(27)33)18-31-17-23-10-8-22(9-11-23)5-4-16-32-29(34)21-35-20-24-12-14-26(30)15-13-24/h2-3,6-15,19,31H,4-5,16-18,20-21H2,1H3,(H,32,34). The molecule has 182 valence electrons. The number of rotatable bonds is 12. The van der Waals surface area contributed by atoms with Gasteiger partial charge in [0.25, 0.3) is 0 Å². The van der Waals surface area contributed by atoms with Gasteiger partial charge in [0.1, 0.15) is 12.4 Å². The number of amides is 1. The first-order valence-corrected chi connectivity index (χ1v) is 12.0. The number of aromatic nitrogens is 1. The summed E-state index contributed by atoms with van der Waals surface area (Å²) in [4.78, 5) is 11.9. The zero-order valence-electron chi connectivity index (χ0n) is 20.1. The fourth-order valence-corrected chi connectivity index (χ4v) is 4.15. The van der Waals surface area contributed by atoms with Gasteiger partial charge in [0.05, 0.1) is 6.61 Å². The first kappa shape index (κ1) is 24.6. The predicted molar refractivity (Wildman–Crippen MR) is 137 cm³/mol. The van der Waals surface area contributed by atoms with Gasteiger partial charge in [-0.15, -0.1) is 0 Å². The number of aryl methyl sites for hydroxylation is 2. The Morgan fingerprint density at radius 3 is 2.43 bits per heavy atom. The third-order valence-corrected chi connectivity index (χ3v) is 6.03. The average molecular weight is 474 g/mol. The molecular formula is C29H32FN3O2. The molecule has 4 aromatic rings. The third kappa shape index (κ3) is 7.25. The van der Waals surface area contributed by atoms with Crippen LogP contribution >= 0.6 is 0 Å². The highest BCUT2D eigenvalue weighted by atomic mass is 19.1. The molecular weight excluding hydrogens is 441 g/mol. The minimum atomic E-state index is -0.283. The van der Waals surface area contributed by atoms with Crippen LogP contribution < -0.4 is 10.6 Å². The summed E-state index contributed by atoms with van der Waals surface area (Å²) in [6.45, 7) is 2.54.